The van der Waals surface area contributed by atoms with E-state index in [0.717, 1.165) is 98.8 Å². The van der Waals surface area contributed by atoms with E-state index in [1.807, 2.05) is 6.07 Å². The fraction of sp³-hybridized carbons (Fsp3) is 0. The zero-order valence-electron chi connectivity index (χ0n) is 28.4. The van der Waals surface area contributed by atoms with Gasteiger partial charge in [0.25, 0.3) is 0 Å². The molecule has 8 aromatic carbocycles. The molecule has 0 unspecified atom stereocenters. The molecule has 5 nitrogen and oxygen atoms in total. The van der Waals surface area contributed by atoms with Gasteiger partial charge in [-0.25, -0.2) is 9.97 Å². The Morgan fingerprint density at radius 1 is 0.415 bits per heavy atom. The van der Waals surface area contributed by atoms with E-state index in [4.69, 9.17) is 14.4 Å². The lowest BCUT2D eigenvalue weighted by molar-refractivity contribution is 0.673. The van der Waals surface area contributed by atoms with Gasteiger partial charge in [0.15, 0.2) is 0 Å². The number of hydrogen-bond donors (Lipinski definition) is 0. The van der Waals surface area contributed by atoms with Crippen LogP contribution in [0.15, 0.2) is 174 Å². The average Bonchev–Trinajstić information content (AvgIpc) is 3.89. The molecule has 0 saturated heterocycles. The van der Waals surface area contributed by atoms with Crippen LogP contribution in [0.2, 0.25) is 0 Å². The number of hydrogen-bond acceptors (Lipinski definition) is 3. The van der Waals surface area contributed by atoms with Crippen molar-refractivity contribution in [3.8, 4) is 22.9 Å². The maximum atomic E-state index is 6.76. The van der Waals surface area contributed by atoms with Crippen molar-refractivity contribution in [2.24, 2.45) is 0 Å². The van der Waals surface area contributed by atoms with E-state index < -0.39 is 0 Å². The highest BCUT2D eigenvalue weighted by Crippen LogP contribution is 2.45. The van der Waals surface area contributed by atoms with Gasteiger partial charge < -0.3 is 8.98 Å². The van der Waals surface area contributed by atoms with Gasteiger partial charge in [-0.3, -0.25) is 4.57 Å². The molecular weight excluding hydrogens is 649 g/mol. The normalized spacial score (nSPS) is 12.2. The molecule has 4 aromatic heterocycles. The van der Waals surface area contributed by atoms with Gasteiger partial charge in [0.1, 0.15) is 11.2 Å². The summed E-state index contributed by atoms with van der Waals surface area (Å²) in [5.74, 6) is 0.611. The molecule has 12 aromatic rings. The molecule has 0 aliphatic heterocycles. The van der Waals surface area contributed by atoms with Crippen molar-refractivity contribution in [3.05, 3.63) is 170 Å². The van der Waals surface area contributed by atoms with Crippen LogP contribution in [0.1, 0.15) is 0 Å². The molecule has 0 radical (unpaired) electrons. The molecule has 53 heavy (non-hydrogen) atoms. The summed E-state index contributed by atoms with van der Waals surface area (Å²) in [5, 5.41) is 10.0. The SMILES string of the molecule is c1ccc(-c2nc(-n3c4ccc5c6ccccc6oc5c4c4ccc5c6ccccc6n(-c6ccccc6)c5c43)nc3ccc4ccccc4c23)cc1. The zero-order valence-corrected chi connectivity index (χ0v) is 28.4. The molecule has 0 aliphatic rings. The van der Waals surface area contributed by atoms with Crippen molar-refractivity contribution in [2.45, 2.75) is 0 Å². The fourth-order valence-corrected chi connectivity index (χ4v) is 8.66. The van der Waals surface area contributed by atoms with Gasteiger partial charge in [0.05, 0.1) is 38.7 Å². The van der Waals surface area contributed by atoms with Crippen molar-refractivity contribution in [3.63, 3.8) is 0 Å². The topological polar surface area (TPSA) is 48.8 Å². The number of aromatic nitrogens is 4. The highest BCUT2D eigenvalue weighted by Gasteiger charge is 2.26. The van der Waals surface area contributed by atoms with Crippen LogP contribution in [-0.4, -0.2) is 19.1 Å². The Bertz CT molecular complexity index is 3450. The van der Waals surface area contributed by atoms with Crippen LogP contribution in [-0.2, 0) is 0 Å². The van der Waals surface area contributed by atoms with Gasteiger partial charge >= 0.3 is 0 Å². The number of benzene rings is 8. The molecule has 0 saturated carbocycles. The van der Waals surface area contributed by atoms with Crippen LogP contribution >= 0.6 is 0 Å². The smallest absolute Gasteiger partial charge is 0.235 e. The van der Waals surface area contributed by atoms with E-state index in [0.29, 0.717) is 5.95 Å². The minimum absolute atomic E-state index is 0.611. The average molecular weight is 677 g/mol. The molecular formula is C48H28N4O. The first-order valence-corrected chi connectivity index (χ1v) is 17.9. The highest BCUT2D eigenvalue weighted by molar-refractivity contribution is 6.29. The summed E-state index contributed by atoms with van der Waals surface area (Å²) in [6.45, 7) is 0. The lowest BCUT2D eigenvalue weighted by Crippen LogP contribution is -2.05. The quantitative estimate of drug-likeness (QED) is 0.175. The Labute approximate surface area is 302 Å². The minimum atomic E-state index is 0.611. The largest absolute Gasteiger partial charge is 0.455 e. The molecule has 12 rings (SSSR count). The fourth-order valence-electron chi connectivity index (χ4n) is 8.66. The summed E-state index contributed by atoms with van der Waals surface area (Å²) in [4.78, 5) is 11.0. The standard InChI is InChI=1S/C48H28N4O/c1-3-14-30(15-4-1)44-42-32-18-8-7-13-29(32)23-27-38(42)49-48(50-44)52-40-28-26-36-34-20-10-12-22-41(34)53-47(36)43(40)37-25-24-35-33-19-9-11-21-39(33)51(45(35)46(37)52)31-16-5-2-6-17-31/h1-28H. The van der Waals surface area contributed by atoms with Crippen molar-refractivity contribution < 1.29 is 4.42 Å². The third-order valence-corrected chi connectivity index (χ3v) is 10.9. The molecule has 0 amide bonds. The second-order valence-corrected chi connectivity index (χ2v) is 13.7. The third-order valence-electron chi connectivity index (χ3n) is 10.9. The summed E-state index contributed by atoms with van der Waals surface area (Å²) in [6, 6.07) is 59.8. The van der Waals surface area contributed by atoms with E-state index in [2.05, 4.69) is 173 Å². The lowest BCUT2D eigenvalue weighted by Gasteiger charge is -2.15. The number of rotatable bonds is 3. The number of furan rings is 1. The van der Waals surface area contributed by atoms with E-state index in [1.165, 1.54) is 5.39 Å². The van der Waals surface area contributed by atoms with Crippen LogP contribution < -0.4 is 0 Å². The van der Waals surface area contributed by atoms with Crippen LogP contribution in [0, 0.1) is 0 Å². The Hall–Kier alpha value is -7.24. The van der Waals surface area contributed by atoms with Crippen molar-refractivity contribution >= 4 is 87.2 Å². The maximum Gasteiger partial charge on any atom is 0.235 e. The molecule has 0 N–H and O–H groups in total. The van der Waals surface area contributed by atoms with Crippen LogP contribution in [0.3, 0.4) is 0 Å². The molecule has 0 aliphatic carbocycles. The first-order valence-electron chi connectivity index (χ1n) is 17.9. The van der Waals surface area contributed by atoms with E-state index in [-0.39, 0.29) is 0 Å². The first kappa shape index (κ1) is 28.5. The first-order chi connectivity index (χ1) is 26.3. The monoisotopic (exact) mass is 676 g/mol. The Kier molecular flexibility index (Phi) is 5.71. The third kappa shape index (κ3) is 3.91. The number of fused-ring (bicyclic) bond motifs is 14. The second-order valence-electron chi connectivity index (χ2n) is 13.7. The minimum Gasteiger partial charge on any atom is -0.455 e. The van der Waals surface area contributed by atoms with Crippen molar-refractivity contribution in [2.75, 3.05) is 0 Å². The van der Waals surface area contributed by atoms with E-state index in [1.54, 1.807) is 0 Å². The molecule has 0 bridgehead atoms. The summed E-state index contributed by atoms with van der Waals surface area (Å²) in [5.41, 5.74) is 9.92. The number of para-hydroxylation sites is 3. The Morgan fingerprint density at radius 2 is 1.09 bits per heavy atom. The second kappa shape index (κ2) is 10.6. The van der Waals surface area contributed by atoms with Crippen molar-refractivity contribution in [1.82, 2.24) is 19.1 Å². The number of nitrogens with zero attached hydrogens (tertiary/aromatic N) is 4. The molecule has 0 atom stereocenters. The molecule has 0 spiro atoms. The van der Waals surface area contributed by atoms with Crippen LogP contribution in [0.4, 0.5) is 0 Å². The maximum absolute atomic E-state index is 6.76. The van der Waals surface area contributed by atoms with Crippen LogP contribution in [0.5, 0.6) is 0 Å². The van der Waals surface area contributed by atoms with Gasteiger partial charge in [0, 0.05) is 43.6 Å². The molecule has 0 fully saturated rings. The van der Waals surface area contributed by atoms with E-state index in [9.17, 15) is 0 Å². The van der Waals surface area contributed by atoms with Gasteiger partial charge in [-0.2, -0.15) is 0 Å². The zero-order chi connectivity index (χ0) is 34.6. The molecule has 4 heterocycles. The van der Waals surface area contributed by atoms with Crippen molar-refractivity contribution in [1.29, 1.82) is 0 Å². The van der Waals surface area contributed by atoms with Gasteiger partial charge in [-0.05, 0) is 53.2 Å². The van der Waals surface area contributed by atoms with Crippen LogP contribution in [0.25, 0.3) is 110 Å². The highest BCUT2D eigenvalue weighted by atomic mass is 16.3. The predicted molar refractivity (Wildman–Crippen MR) is 218 cm³/mol. The Morgan fingerprint density at radius 3 is 1.96 bits per heavy atom. The molecule has 246 valence electrons. The summed E-state index contributed by atoms with van der Waals surface area (Å²) < 4.78 is 11.4. The van der Waals surface area contributed by atoms with Gasteiger partial charge in [-0.15, -0.1) is 0 Å². The Balaban J connectivity index is 1.33. The summed E-state index contributed by atoms with van der Waals surface area (Å²) in [7, 11) is 0. The molecule has 5 heteroatoms. The predicted octanol–water partition coefficient (Wildman–Crippen LogP) is 12.5. The van der Waals surface area contributed by atoms with E-state index >= 15 is 0 Å². The summed E-state index contributed by atoms with van der Waals surface area (Å²) >= 11 is 0. The summed E-state index contributed by atoms with van der Waals surface area (Å²) in [6.07, 6.45) is 0. The van der Waals surface area contributed by atoms with Gasteiger partial charge in [0.2, 0.25) is 5.95 Å². The van der Waals surface area contributed by atoms with Gasteiger partial charge in [-0.1, -0.05) is 127 Å². The lowest BCUT2D eigenvalue weighted by atomic mass is 10.0.